The molecule has 4 heteroatoms. The van der Waals surface area contributed by atoms with E-state index >= 15 is 0 Å². The first-order valence-corrected chi connectivity index (χ1v) is 8.41. The molecule has 1 aromatic carbocycles. The fourth-order valence-corrected chi connectivity index (χ4v) is 4.68. The molecule has 4 rings (SSSR count). The van der Waals surface area contributed by atoms with Gasteiger partial charge in [0.05, 0.1) is 18.5 Å². The summed E-state index contributed by atoms with van der Waals surface area (Å²) >= 11 is 6.14. The number of alkyl halides is 1. The zero-order chi connectivity index (χ0) is 14.4. The van der Waals surface area contributed by atoms with Crippen LogP contribution >= 0.6 is 11.6 Å². The summed E-state index contributed by atoms with van der Waals surface area (Å²) in [5.41, 5.74) is 2.10. The predicted octanol–water partition coefficient (Wildman–Crippen LogP) is 4.22. The lowest BCUT2D eigenvalue weighted by Crippen LogP contribution is -2.18. The van der Waals surface area contributed by atoms with Crippen LogP contribution in [0.3, 0.4) is 0 Å². The van der Waals surface area contributed by atoms with Crippen LogP contribution in [0.25, 0.3) is 11.0 Å². The molecule has 0 saturated heterocycles. The smallest absolute Gasteiger partial charge is 0.146 e. The van der Waals surface area contributed by atoms with E-state index in [0.717, 1.165) is 46.9 Å². The number of benzene rings is 1. The highest BCUT2D eigenvalue weighted by Gasteiger charge is 2.39. The third-order valence-electron chi connectivity index (χ3n) is 5.46. The van der Waals surface area contributed by atoms with Crippen LogP contribution in [0.1, 0.15) is 31.5 Å². The first-order valence-electron chi connectivity index (χ1n) is 7.88. The van der Waals surface area contributed by atoms with Gasteiger partial charge in [0.15, 0.2) is 0 Å². The second-order valence-electron chi connectivity index (χ2n) is 6.54. The standard InChI is InChI=1S/C17H21ClN2O/c1-21-15-4-2-3-14-17(15)19-16(9-18)20(14)10-13-8-11-5-6-12(13)7-11/h2-4,11-13H,5-10H2,1H3. The number of imidazole rings is 1. The van der Waals surface area contributed by atoms with Gasteiger partial charge in [-0.2, -0.15) is 0 Å². The molecule has 2 aliphatic rings. The SMILES string of the molecule is COc1cccc2c1nc(CCl)n2CC1CC2CCC1C2. The summed E-state index contributed by atoms with van der Waals surface area (Å²) in [5.74, 6) is 4.96. The van der Waals surface area contributed by atoms with Gasteiger partial charge in [-0.05, 0) is 49.1 Å². The van der Waals surface area contributed by atoms with Crippen molar-refractivity contribution in [3.63, 3.8) is 0 Å². The Labute approximate surface area is 130 Å². The molecule has 0 amide bonds. The van der Waals surface area contributed by atoms with Crippen molar-refractivity contribution in [2.45, 2.75) is 38.1 Å². The maximum atomic E-state index is 6.14. The Hall–Kier alpha value is -1.22. The molecule has 1 heterocycles. The minimum atomic E-state index is 0.457. The normalized spacial score (nSPS) is 27.6. The van der Waals surface area contributed by atoms with Gasteiger partial charge >= 0.3 is 0 Å². The van der Waals surface area contributed by atoms with E-state index in [1.54, 1.807) is 7.11 Å². The van der Waals surface area contributed by atoms with E-state index in [-0.39, 0.29) is 0 Å². The molecule has 2 aromatic rings. The Balaban J connectivity index is 1.73. The molecule has 21 heavy (non-hydrogen) atoms. The van der Waals surface area contributed by atoms with Crippen LogP contribution < -0.4 is 4.74 Å². The first-order chi connectivity index (χ1) is 10.3. The van der Waals surface area contributed by atoms with Gasteiger partial charge in [0, 0.05) is 6.54 Å². The van der Waals surface area contributed by atoms with Gasteiger partial charge in [-0.25, -0.2) is 4.98 Å². The summed E-state index contributed by atoms with van der Waals surface area (Å²) in [4.78, 5) is 4.71. The minimum Gasteiger partial charge on any atom is -0.494 e. The number of nitrogens with zero attached hydrogens (tertiary/aromatic N) is 2. The van der Waals surface area contributed by atoms with E-state index in [4.69, 9.17) is 21.3 Å². The Morgan fingerprint density at radius 1 is 1.33 bits per heavy atom. The molecule has 2 fully saturated rings. The van der Waals surface area contributed by atoms with E-state index in [0.29, 0.717) is 5.88 Å². The molecule has 2 saturated carbocycles. The molecule has 0 radical (unpaired) electrons. The number of hydrogen-bond acceptors (Lipinski definition) is 2. The highest BCUT2D eigenvalue weighted by molar-refractivity contribution is 6.16. The van der Waals surface area contributed by atoms with Gasteiger partial charge in [0.2, 0.25) is 0 Å². The zero-order valence-electron chi connectivity index (χ0n) is 12.4. The topological polar surface area (TPSA) is 27.1 Å². The quantitative estimate of drug-likeness (QED) is 0.791. The van der Waals surface area contributed by atoms with Crippen molar-refractivity contribution < 1.29 is 4.74 Å². The van der Waals surface area contributed by atoms with Crippen LogP contribution in [0.4, 0.5) is 0 Å². The minimum absolute atomic E-state index is 0.457. The second-order valence-corrected chi connectivity index (χ2v) is 6.80. The summed E-state index contributed by atoms with van der Waals surface area (Å²) in [7, 11) is 1.70. The summed E-state index contributed by atoms with van der Waals surface area (Å²) in [6.07, 6.45) is 5.69. The van der Waals surface area contributed by atoms with Gasteiger partial charge in [-0.15, -0.1) is 11.6 Å². The summed E-state index contributed by atoms with van der Waals surface area (Å²) in [6.45, 7) is 1.06. The number of fused-ring (bicyclic) bond motifs is 3. The van der Waals surface area contributed by atoms with Crippen LogP contribution in [0.5, 0.6) is 5.75 Å². The number of aromatic nitrogens is 2. The summed E-state index contributed by atoms with van der Waals surface area (Å²) < 4.78 is 7.77. The Bertz CT molecular complexity index is 666. The van der Waals surface area contributed by atoms with Crippen molar-refractivity contribution in [3.05, 3.63) is 24.0 Å². The zero-order valence-corrected chi connectivity index (χ0v) is 13.1. The van der Waals surface area contributed by atoms with Gasteiger partial charge in [-0.3, -0.25) is 0 Å². The fraction of sp³-hybridized carbons (Fsp3) is 0.588. The Kier molecular flexibility index (Phi) is 3.33. The van der Waals surface area contributed by atoms with Gasteiger partial charge in [0.1, 0.15) is 17.1 Å². The molecule has 3 unspecified atom stereocenters. The number of para-hydroxylation sites is 1. The fourth-order valence-electron chi connectivity index (χ4n) is 4.47. The summed E-state index contributed by atoms with van der Waals surface area (Å²) in [5, 5.41) is 0. The van der Waals surface area contributed by atoms with Crippen molar-refractivity contribution in [3.8, 4) is 5.75 Å². The monoisotopic (exact) mass is 304 g/mol. The van der Waals surface area contributed by atoms with Gasteiger partial charge in [-0.1, -0.05) is 12.5 Å². The molecule has 0 spiro atoms. The van der Waals surface area contributed by atoms with Crippen LogP contribution in [0.2, 0.25) is 0 Å². The lowest BCUT2D eigenvalue weighted by Gasteiger charge is -2.23. The lowest BCUT2D eigenvalue weighted by molar-refractivity contribution is 0.296. The largest absolute Gasteiger partial charge is 0.494 e. The average Bonchev–Trinajstić information content (AvgIpc) is 3.21. The van der Waals surface area contributed by atoms with Crippen molar-refractivity contribution in [2.24, 2.45) is 17.8 Å². The predicted molar refractivity (Wildman–Crippen MR) is 84.8 cm³/mol. The second kappa shape index (κ2) is 5.20. The van der Waals surface area contributed by atoms with E-state index in [2.05, 4.69) is 10.6 Å². The first kappa shape index (κ1) is 13.4. The molecule has 1 aromatic heterocycles. The van der Waals surface area contributed by atoms with Crippen LogP contribution in [-0.4, -0.2) is 16.7 Å². The molecule has 3 atom stereocenters. The third kappa shape index (κ3) is 2.13. The van der Waals surface area contributed by atoms with E-state index in [9.17, 15) is 0 Å². The van der Waals surface area contributed by atoms with Crippen molar-refractivity contribution >= 4 is 22.6 Å². The van der Waals surface area contributed by atoms with Gasteiger partial charge in [0.25, 0.3) is 0 Å². The van der Waals surface area contributed by atoms with Crippen molar-refractivity contribution in [2.75, 3.05) is 7.11 Å². The third-order valence-corrected chi connectivity index (χ3v) is 5.70. The average molecular weight is 305 g/mol. The van der Waals surface area contributed by atoms with E-state index in [1.165, 1.54) is 25.7 Å². The molecule has 2 bridgehead atoms. The number of hydrogen-bond donors (Lipinski definition) is 0. The molecule has 3 nitrogen and oxygen atoms in total. The number of halogens is 1. The maximum absolute atomic E-state index is 6.14. The summed E-state index contributed by atoms with van der Waals surface area (Å²) in [6, 6.07) is 6.14. The Morgan fingerprint density at radius 2 is 2.24 bits per heavy atom. The van der Waals surface area contributed by atoms with Crippen LogP contribution in [-0.2, 0) is 12.4 Å². The maximum Gasteiger partial charge on any atom is 0.146 e. The molecule has 112 valence electrons. The van der Waals surface area contributed by atoms with Crippen molar-refractivity contribution in [1.29, 1.82) is 0 Å². The van der Waals surface area contributed by atoms with E-state index < -0.39 is 0 Å². The van der Waals surface area contributed by atoms with Crippen molar-refractivity contribution in [1.82, 2.24) is 9.55 Å². The number of ether oxygens (including phenoxy) is 1. The lowest BCUT2D eigenvalue weighted by atomic mass is 9.89. The molecular weight excluding hydrogens is 284 g/mol. The molecule has 0 N–H and O–H groups in total. The highest BCUT2D eigenvalue weighted by atomic mass is 35.5. The van der Waals surface area contributed by atoms with Crippen LogP contribution in [0.15, 0.2) is 18.2 Å². The van der Waals surface area contributed by atoms with E-state index in [1.807, 2.05) is 12.1 Å². The van der Waals surface area contributed by atoms with Crippen LogP contribution in [0, 0.1) is 17.8 Å². The molecule has 0 aliphatic heterocycles. The molecular formula is C17H21ClN2O. The number of methoxy groups -OCH3 is 1. The Morgan fingerprint density at radius 3 is 2.90 bits per heavy atom. The van der Waals surface area contributed by atoms with Gasteiger partial charge < -0.3 is 9.30 Å². The highest BCUT2D eigenvalue weighted by Crippen LogP contribution is 2.49. The molecule has 2 aliphatic carbocycles. The number of rotatable bonds is 4.